The Kier molecular flexibility index (Phi) is 6.18. The molecule has 0 spiro atoms. The molecule has 2 atom stereocenters. The van der Waals surface area contributed by atoms with E-state index in [-0.39, 0.29) is 12.5 Å². The average molecular weight is 308 g/mol. The largest absolute Gasteiger partial charge is 0.494 e. The second-order valence-electron chi connectivity index (χ2n) is 5.69. The first-order valence-electron chi connectivity index (χ1n) is 7.64. The maximum atomic E-state index is 11.0. The van der Waals surface area contributed by atoms with E-state index in [0.29, 0.717) is 24.5 Å². The third-order valence-electron chi connectivity index (χ3n) is 4.07. The van der Waals surface area contributed by atoms with E-state index in [0.717, 1.165) is 25.9 Å². The van der Waals surface area contributed by atoms with Gasteiger partial charge in [-0.25, -0.2) is 0 Å². The number of benzene rings is 1. The van der Waals surface area contributed by atoms with E-state index in [1.165, 1.54) is 0 Å². The Morgan fingerprint density at radius 3 is 2.68 bits per heavy atom. The van der Waals surface area contributed by atoms with E-state index < -0.39 is 12.0 Å². The number of piperidine rings is 1. The summed E-state index contributed by atoms with van der Waals surface area (Å²) < 4.78 is 5.62. The lowest BCUT2D eigenvalue weighted by Crippen LogP contribution is -2.45. The molecule has 1 saturated heterocycles. The number of carbonyl (C=O) groups excluding carboxylic acids is 1. The van der Waals surface area contributed by atoms with Crippen molar-refractivity contribution in [2.45, 2.75) is 18.9 Å². The molecule has 0 aromatic heterocycles. The van der Waals surface area contributed by atoms with Crippen LogP contribution in [0.4, 0.5) is 0 Å². The van der Waals surface area contributed by atoms with Gasteiger partial charge in [0.2, 0.25) is 5.91 Å². The van der Waals surface area contributed by atoms with Crippen LogP contribution < -0.4 is 10.5 Å². The molecule has 1 fully saturated rings. The van der Waals surface area contributed by atoms with Crippen LogP contribution in [0.25, 0.3) is 0 Å². The number of hydrogen-bond donors (Lipinski definition) is 3. The van der Waals surface area contributed by atoms with Gasteiger partial charge in [0.15, 0.2) is 0 Å². The number of aliphatic hydroxyl groups excluding tert-OH is 2. The second-order valence-corrected chi connectivity index (χ2v) is 5.69. The lowest BCUT2D eigenvalue weighted by Gasteiger charge is -2.35. The molecule has 0 aliphatic carbocycles. The molecule has 1 aromatic carbocycles. The van der Waals surface area contributed by atoms with Gasteiger partial charge in [0, 0.05) is 31.2 Å². The van der Waals surface area contributed by atoms with Crippen molar-refractivity contribution in [3.8, 4) is 5.75 Å². The van der Waals surface area contributed by atoms with Crippen molar-refractivity contribution in [3.63, 3.8) is 0 Å². The minimum atomic E-state index is -0.448. The van der Waals surface area contributed by atoms with Crippen LogP contribution in [0.15, 0.2) is 24.3 Å². The van der Waals surface area contributed by atoms with Crippen molar-refractivity contribution in [1.29, 1.82) is 0 Å². The van der Waals surface area contributed by atoms with Gasteiger partial charge in [-0.1, -0.05) is 0 Å². The van der Waals surface area contributed by atoms with E-state index in [9.17, 15) is 9.90 Å². The number of nitrogens with zero attached hydrogens (tertiary/aromatic N) is 1. The summed E-state index contributed by atoms with van der Waals surface area (Å²) >= 11 is 0. The normalized spacial score (nSPS) is 22.5. The summed E-state index contributed by atoms with van der Waals surface area (Å²) in [4.78, 5) is 13.1. The lowest BCUT2D eigenvalue weighted by atomic mass is 9.95. The number of carbonyl (C=O) groups is 1. The number of nitrogens with two attached hydrogens (primary N) is 1. The maximum absolute atomic E-state index is 11.0. The van der Waals surface area contributed by atoms with Crippen LogP contribution >= 0.6 is 0 Å². The highest BCUT2D eigenvalue weighted by Crippen LogP contribution is 2.17. The van der Waals surface area contributed by atoms with Gasteiger partial charge in [-0.3, -0.25) is 4.79 Å². The van der Waals surface area contributed by atoms with Crippen LogP contribution in [0.5, 0.6) is 5.75 Å². The molecule has 0 saturated carbocycles. The third-order valence-corrected chi connectivity index (χ3v) is 4.07. The van der Waals surface area contributed by atoms with E-state index in [1.54, 1.807) is 24.3 Å². The quantitative estimate of drug-likeness (QED) is 0.627. The Morgan fingerprint density at radius 1 is 1.36 bits per heavy atom. The summed E-state index contributed by atoms with van der Waals surface area (Å²) in [6, 6.07) is 6.76. The molecular weight excluding hydrogens is 284 g/mol. The fraction of sp³-hybridized carbons (Fsp3) is 0.562. The first-order chi connectivity index (χ1) is 10.6. The molecule has 122 valence electrons. The van der Waals surface area contributed by atoms with Gasteiger partial charge in [-0.15, -0.1) is 0 Å². The lowest BCUT2D eigenvalue weighted by molar-refractivity contribution is -0.00293. The smallest absolute Gasteiger partial charge is 0.248 e. The van der Waals surface area contributed by atoms with Crippen molar-refractivity contribution in [2.24, 2.45) is 11.7 Å². The van der Waals surface area contributed by atoms with Crippen molar-refractivity contribution in [3.05, 3.63) is 29.8 Å². The summed E-state index contributed by atoms with van der Waals surface area (Å²) in [6.45, 7) is 2.99. The molecule has 1 amide bonds. The third kappa shape index (κ3) is 4.69. The van der Waals surface area contributed by atoms with E-state index >= 15 is 0 Å². The van der Waals surface area contributed by atoms with Crippen LogP contribution in [0.2, 0.25) is 0 Å². The minimum Gasteiger partial charge on any atom is -0.494 e. The molecule has 22 heavy (non-hydrogen) atoms. The molecule has 0 radical (unpaired) electrons. The molecule has 2 rings (SSSR count). The zero-order valence-corrected chi connectivity index (χ0v) is 12.6. The van der Waals surface area contributed by atoms with Crippen molar-refractivity contribution in [1.82, 2.24) is 4.90 Å². The maximum Gasteiger partial charge on any atom is 0.248 e. The van der Waals surface area contributed by atoms with Crippen LogP contribution in [0.1, 0.15) is 23.2 Å². The number of likely N-dealkylation sites (tertiary alicyclic amines) is 1. The predicted octanol–water partition coefficient (Wildman–Crippen LogP) is 0.229. The Labute approximate surface area is 130 Å². The summed E-state index contributed by atoms with van der Waals surface area (Å²) in [5.41, 5.74) is 5.64. The highest BCUT2D eigenvalue weighted by molar-refractivity contribution is 5.92. The highest BCUT2D eigenvalue weighted by Gasteiger charge is 2.26. The first-order valence-corrected chi connectivity index (χ1v) is 7.64. The molecular formula is C16H24N2O4. The number of amides is 1. The summed E-state index contributed by atoms with van der Waals surface area (Å²) in [5.74, 6) is 0.275. The number of ether oxygens (including phenoxy) is 1. The fourth-order valence-electron chi connectivity index (χ4n) is 2.66. The Bertz CT molecular complexity index is 478. The molecule has 1 aliphatic heterocycles. The molecule has 1 heterocycles. The van der Waals surface area contributed by atoms with Gasteiger partial charge in [0.05, 0.1) is 12.7 Å². The number of β-amino-alcohol motifs (C(OH)–C–C–N with tert-alkyl or cyclic N) is 1. The molecule has 0 bridgehead atoms. The summed E-state index contributed by atoms with van der Waals surface area (Å²) in [7, 11) is 0. The van der Waals surface area contributed by atoms with Gasteiger partial charge < -0.3 is 25.6 Å². The molecule has 6 nitrogen and oxygen atoms in total. The van der Waals surface area contributed by atoms with E-state index in [1.807, 2.05) is 0 Å². The SMILES string of the molecule is NC(=O)c1ccc(OCCCN2CC[C@H](CO)[C@H](O)C2)cc1. The zero-order chi connectivity index (χ0) is 15.9. The monoisotopic (exact) mass is 308 g/mol. The van der Waals surface area contributed by atoms with E-state index in [4.69, 9.17) is 15.6 Å². The number of primary amides is 1. The van der Waals surface area contributed by atoms with Crippen LogP contribution in [-0.2, 0) is 0 Å². The van der Waals surface area contributed by atoms with Gasteiger partial charge >= 0.3 is 0 Å². The minimum absolute atomic E-state index is 0.0104. The van der Waals surface area contributed by atoms with Crippen LogP contribution in [-0.4, -0.2) is 60.0 Å². The summed E-state index contributed by atoms with van der Waals surface area (Å²) in [6.07, 6.45) is 1.24. The Balaban J connectivity index is 1.66. The molecule has 6 heteroatoms. The Morgan fingerprint density at radius 2 is 2.09 bits per heavy atom. The first kappa shape index (κ1) is 16.7. The highest BCUT2D eigenvalue weighted by atomic mass is 16.5. The van der Waals surface area contributed by atoms with Crippen LogP contribution in [0, 0.1) is 5.92 Å². The second kappa shape index (κ2) is 8.12. The summed E-state index contributed by atoms with van der Waals surface area (Å²) in [5, 5.41) is 19.0. The topological polar surface area (TPSA) is 96.0 Å². The van der Waals surface area contributed by atoms with Crippen molar-refractivity contribution in [2.75, 3.05) is 32.8 Å². The van der Waals surface area contributed by atoms with E-state index in [2.05, 4.69) is 4.90 Å². The van der Waals surface area contributed by atoms with Gasteiger partial charge in [-0.05, 0) is 43.7 Å². The van der Waals surface area contributed by atoms with Gasteiger partial charge in [0.25, 0.3) is 0 Å². The fourth-order valence-corrected chi connectivity index (χ4v) is 2.66. The standard InChI is InChI=1S/C16H24N2O4/c17-16(21)12-2-4-14(5-3-12)22-9-1-7-18-8-6-13(11-19)15(20)10-18/h2-5,13,15,19-20H,1,6-11H2,(H2,17,21)/t13-,15-/m1/s1. The van der Waals surface area contributed by atoms with Crippen molar-refractivity contribution >= 4 is 5.91 Å². The molecule has 0 unspecified atom stereocenters. The van der Waals surface area contributed by atoms with Crippen molar-refractivity contribution < 1.29 is 19.7 Å². The van der Waals surface area contributed by atoms with Gasteiger partial charge in [0.1, 0.15) is 5.75 Å². The number of aliphatic hydroxyl groups is 2. The average Bonchev–Trinajstić information content (AvgIpc) is 2.52. The number of hydrogen-bond acceptors (Lipinski definition) is 5. The number of rotatable bonds is 7. The zero-order valence-electron chi connectivity index (χ0n) is 12.6. The molecule has 1 aliphatic rings. The predicted molar refractivity (Wildman–Crippen MR) is 82.7 cm³/mol. The van der Waals surface area contributed by atoms with Gasteiger partial charge in [-0.2, -0.15) is 0 Å². The molecule has 1 aromatic rings. The van der Waals surface area contributed by atoms with Crippen LogP contribution in [0.3, 0.4) is 0 Å². The molecule has 4 N–H and O–H groups in total. The Hall–Kier alpha value is -1.63.